The average Bonchev–Trinajstić information content (AvgIpc) is 2.58. The zero-order chi connectivity index (χ0) is 17.5. The van der Waals surface area contributed by atoms with Crippen LogP contribution in [0.2, 0.25) is 0 Å². The molecule has 2 aromatic rings. The molecule has 0 saturated heterocycles. The summed E-state index contributed by atoms with van der Waals surface area (Å²) >= 11 is 0. The van der Waals surface area contributed by atoms with Gasteiger partial charge in [-0.25, -0.2) is 4.39 Å². The second kappa shape index (κ2) is 9.99. The summed E-state index contributed by atoms with van der Waals surface area (Å²) in [5.74, 6) is 0.292. The van der Waals surface area contributed by atoms with Gasteiger partial charge in [0.1, 0.15) is 5.82 Å². The van der Waals surface area contributed by atoms with Gasteiger partial charge in [-0.3, -0.25) is 4.99 Å². The zero-order valence-electron chi connectivity index (χ0n) is 14.6. The Balaban J connectivity index is 0.00000312. The predicted octanol–water partition coefficient (Wildman–Crippen LogP) is 3.83. The molecule has 25 heavy (non-hydrogen) atoms. The molecule has 4 nitrogen and oxygen atoms in total. The lowest BCUT2D eigenvalue weighted by Crippen LogP contribution is -2.38. The van der Waals surface area contributed by atoms with Gasteiger partial charge in [0.2, 0.25) is 0 Å². The first kappa shape index (κ1) is 20.9. The molecule has 6 heteroatoms. The van der Waals surface area contributed by atoms with Crippen LogP contribution < -0.4 is 5.32 Å². The molecule has 0 unspecified atom stereocenters. The number of aryl methyl sites for hydroxylation is 1. The van der Waals surface area contributed by atoms with Crippen LogP contribution in [0, 0.1) is 24.1 Å². The fourth-order valence-electron chi connectivity index (χ4n) is 2.44. The van der Waals surface area contributed by atoms with Crippen LogP contribution in [0.15, 0.2) is 47.5 Å². The third-order valence-electron chi connectivity index (χ3n) is 3.86. The van der Waals surface area contributed by atoms with E-state index in [4.69, 9.17) is 5.26 Å². The van der Waals surface area contributed by atoms with Crippen molar-refractivity contribution < 1.29 is 4.39 Å². The van der Waals surface area contributed by atoms with Crippen molar-refractivity contribution in [2.45, 2.75) is 20.0 Å². The molecule has 2 aromatic carbocycles. The summed E-state index contributed by atoms with van der Waals surface area (Å²) in [4.78, 5) is 6.24. The van der Waals surface area contributed by atoms with Crippen molar-refractivity contribution >= 4 is 29.9 Å². The first-order chi connectivity index (χ1) is 11.5. The molecule has 0 spiro atoms. The Morgan fingerprint density at radius 2 is 1.96 bits per heavy atom. The number of nitrogens with one attached hydrogen (secondary N) is 1. The monoisotopic (exact) mass is 452 g/mol. The maximum Gasteiger partial charge on any atom is 0.193 e. The second-order valence-corrected chi connectivity index (χ2v) is 5.60. The van der Waals surface area contributed by atoms with Crippen LogP contribution in [-0.4, -0.2) is 25.0 Å². The van der Waals surface area contributed by atoms with E-state index in [1.807, 2.05) is 30.1 Å². The van der Waals surface area contributed by atoms with Crippen molar-refractivity contribution in [3.05, 3.63) is 70.5 Å². The highest BCUT2D eigenvalue weighted by molar-refractivity contribution is 14.0. The second-order valence-electron chi connectivity index (χ2n) is 5.60. The van der Waals surface area contributed by atoms with Gasteiger partial charge in [0.25, 0.3) is 0 Å². The van der Waals surface area contributed by atoms with Crippen LogP contribution in [0.4, 0.5) is 4.39 Å². The number of rotatable bonds is 4. The fraction of sp³-hybridized carbons (Fsp3) is 0.263. The summed E-state index contributed by atoms with van der Waals surface area (Å²) < 4.78 is 13.9. The molecule has 0 saturated carbocycles. The molecule has 1 N–H and O–H groups in total. The third-order valence-corrected chi connectivity index (χ3v) is 3.86. The number of guanidine groups is 1. The molecular formula is C19H22FIN4. The fourth-order valence-corrected chi connectivity index (χ4v) is 2.44. The number of halogens is 2. The molecule has 0 bridgehead atoms. The Kier molecular flexibility index (Phi) is 8.35. The topological polar surface area (TPSA) is 51.4 Å². The van der Waals surface area contributed by atoms with Gasteiger partial charge in [0.15, 0.2) is 5.96 Å². The maximum atomic E-state index is 13.9. The number of nitrogens with zero attached hydrogens (tertiary/aromatic N) is 3. The summed E-state index contributed by atoms with van der Waals surface area (Å²) in [6, 6.07) is 14.6. The van der Waals surface area contributed by atoms with Crippen LogP contribution in [0.3, 0.4) is 0 Å². The predicted molar refractivity (Wildman–Crippen MR) is 109 cm³/mol. The summed E-state index contributed by atoms with van der Waals surface area (Å²) in [7, 11) is 3.64. The number of nitriles is 1. The number of benzene rings is 2. The van der Waals surface area contributed by atoms with Crippen molar-refractivity contribution in [3.8, 4) is 6.07 Å². The largest absolute Gasteiger partial charge is 0.352 e. The Bertz CT molecular complexity index is 783. The number of aliphatic imine (C=N–C) groups is 1. The average molecular weight is 452 g/mol. The first-order valence-corrected chi connectivity index (χ1v) is 7.70. The normalized spacial score (nSPS) is 10.6. The van der Waals surface area contributed by atoms with Crippen LogP contribution in [0.5, 0.6) is 0 Å². The van der Waals surface area contributed by atoms with Gasteiger partial charge in [-0.05, 0) is 30.2 Å². The highest BCUT2D eigenvalue weighted by Gasteiger charge is 2.10. The highest BCUT2D eigenvalue weighted by Crippen LogP contribution is 2.11. The number of hydrogen-bond donors (Lipinski definition) is 1. The zero-order valence-corrected chi connectivity index (χ0v) is 16.9. The van der Waals surface area contributed by atoms with Crippen LogP contribution in [0.25, 0.3) is 0 Å². The smallest absolute Gasteiger partial charge is 0.193 e. The van der Waals surface area contributed by atoms with E-state index in [9.17, 15) is 4.39 Å². The van der Waals surface area contributed by atoms with E-state index in [-0.39, 0.29) is 24.0 Å². The lowest BCUT2D eigenvalue weighted by atomic mass is 10.1. The lowest BCUT2D eigenvalue weighted by Gasteiger charge is -2.23. The minimum atomic E-state index is -0.390. The van der Waals surface area contributed by atoms with Gasteiger partial charge in [-0.2, -0.15) is 5.26 Å². The number of hydrogen-bond acceptors (Lipinski definition) is 2. The van der Waals surface area contributed by atoms with E-state index in [1.54, 1.807) is 19.2 Å². The molecule has 0 aliphatic rings. The van der Waals surface area contributed by atoms with Gasteiger partial charge in [-0.1, -0.05) is 30.3 Å². The molecule has 0 radical (unpaired) electrons. The van der Waals surface area contributed by atoms with Crippen molar-refractivity contribution in [1.29, 1.82) is 5.26 Å². The molecule has 0 atom stereocenters. The summed E-state index contributed by atoms with van der Waals surface area (Å²) in [5, 5.41) is 11.9. The molecule has 0 heterocycles. The molecular weight excluding hydrogens is 430 g/mol. The van der Waals surface area contributed by atoms with Gasteiger partial charge in [0, 0.05) is 32.7 Å². The molecule has 2 rings (SSSR count). The molecule has 0 aliphatic heterocycles. The van der Waals surface area contributed by atoms with Crippen molar-refractivity contribution in [2.24, 2.45) is 4.99 Å². The summed E-state index contributed by atoms with van der Waals surface area (Å²) in [6.45, 7) is 3.09. The minimum Gasteiger partial charge on any atom is -0.352 e. The van der Waals surface area contributed by atoms with E-state index in [0.29, 0.717) is 30.2 Å². The molecule has 0 fully saturated rings. The van der Waals surface area contributed by atoms with Crippen LogP contribution >= 0.6 is 24.0 Å². The standard InChI is InChI=1S/C19H21FN4.HI/c1-14-6-4-5-7-17(14)13-24(3)19(22-2)23-12-16-9-8-15(11-21)10-18(16)20;/h4-10H,12-13H2,1-3H3,(H,22,23);1H. The molecule has 0 aromatic heterocycles. The van der Waals surface area contributed by atoms with Gasteiger partial charge in [0.05, 0.1) is 11.6 Å². The first-order valence-electron chi connectivity index (χ1n) is 7.70. The molecule has 0 aliphatic carbocycles. The van der Waals surface area contributed by atoms with Crippen LogP contribution in [-0.2, 0) is 13.1 Å². The Morgan fingerprint density at radius 3 is 2.56 bits per heavy atom. The van der Waals surface area contributed by atoms with Gasteiger partial charge in [-0.15, -0.1) is 24.0 Å². The van der Waals surface area contributed by atoms with E-state index in [1.165, 1.54) is 17.2 Å². The van der Waals surface area contributed by atoms with E-state index >= 15 is 0 Å². The van der Waals surface area contributed by atoms with E-state index in [2.05, 4.69) is 29.4 Å². The van der Waals surface area contributed by atoms with Crippen molar-refractivity contribution in [3.63, 3.8) is 0 Å². The van der Waals surface area contributed by atoms with Crippen molar-refractivity contribution in [1.82, 2.24) is 10.2 Å². The van der Waals surface area contributed by atoms with E-state index < -0.39 is 5.82 Å². The third kappa shape index (κ3) is 5.71. The molecule has 132 valence electrons. The lowest BCUT2D eigenvalue weighted by molar-refractivity contribution is 0.474. The van der Waals surface area contributed by atoms with Gasteiger partial charge >= 0.3 is 0 Å². The maximum absolute atomic E-state index is 13.9. The van der Waals surface area contributed by atoms with Gasteiger partial charge < -0.3 is 10.2 Å². The highest BCUT2D eigenvalue weighted by atomic mass is 127. The SMILES string of the molecule is CN=C(NCc1ccc(C#N)cc1F)N(C)Cc1ccccc1C.I. The molecule has 0 amide bonds. The van der Waals surface area contributed by atoms with Crippen molar-refractivity contribution in [2.75, 3.05) is 14.1 Å². The summed E-state index contributed by atoms with van der Waals surface area (Å²) in [6.07, 6.45) is 0. The Hall–Kier alpha value is -2.14. The quantitative estimate of drug-likeness (QED) is 0.436. The van der Waals surface area contributed by atoms with E-state index in [0.717, 1.165) is 0 Å². The van der Waals surface area contributed by atoms with Crippen LogP contribution in [0.1, 0.15) is 22.3 Å². The summed E-state index contributed by atoms with van der Waals surface area (Å²) in [5.41, 5.74) is 3.25. The Morgan fingerprint density at radius 1 is 1.24 bits per heavy atom. The Labute approximate surface area is 165 Å². The minimum absolute atomic E-state index is 0.